The fourth-order valence-corrected chi connectivity index (χ4v) is 6.17. The number of hydrogen-bond acceptors (Lipinski definition) is 4. The SMILES string of the molecule is O=C(NC1CCN(CCCCC2(C(=O)NCC(F)(F)F)c3ccccc3-c3ccccc32)CC1)c1ccc[n+]([O-])c1. The maximum Gasteiger partial charge on any atom is 0.405 e. The van der Waals surface area contributed by atoms with Gasteiger partial charge in [-0.15, -0.1) is 0 Å². The second-order valence-corrected chi connectivity index (χ2v) is 10.8. The second kappa shape index (κ2) is 11.9. The van der Waals surface area contributed by atoms with E-state index in [2.05, 4.69) is 15.5 Å². The standard InChI is InChI=1S/C31H33F3N4O3/c32-31(33,34)21-35-29(40)30(26-11-3-1-9-24(26)25-10-2-4-12-27(25)30)15-5-6-16-37-18-13-23(14-19-37)36-28(39)22-8-7-17-38(41)20-22/h1-4,7-12,17,20,23H,5-6,13-16,18-19,21H2,(H,35,40)(H,36,39). The summed E-state index contributed by atoms with van der Waals surface area (Å²) < 4.78 is 39.8. The number of alkyl halides is 3. The average Bonchev–Trinajstić information content (AvgIpc) is 3.25. The average molecular weight is 567 g/mol. The lowest BCUT2D eigenvalue weighted by molar-refractivity contribution is -0.605. The van der Waals surface area contributed by atoms with Crippen molar-refractivity contribution in [3.63, 3.8) is 0 Å². The number of rotatable bonds is 9. The summed E-state index contributed by atoms with van der Waals surface area (Å²) in [5.41, 5.74) is 2.41. The second-order valence-electron chi connectivity index (χ2n) is 10.8. The van der Waals surface area contributed by atoms with Crippen LogP contribution in [0.4, 0.5) is 13.2 Å². The third kappa shape index (κ3) is 6.22. The van der Waals surface area contributed by atoms with E-state index in [1.807, 2.05) is 48.5 Å². The molecular formula is C31H33F3N4O3. The molecule has 1 aliphatic carbocycles. The summed E-state index contributed by atoms with van der Waals surface area (Å²) in [7, 11) is 0. The van der Waals surface area contributed by atoms with Crippen molar-refractivity contribution in [2.24, 2.45) is 0 Å². The van der Waals surface area contributed by atoms with Gasteiger partial charge in [-0.3, -0.25) is 9.59 Å². The van der Waals surface area contributed by atoms with Crippen LogP contribution in [0.3, 0.4) is 0 Å². The van der Waals surface area contributed by atoms with Crippen LogP contribution in [0, 0.1) is 5.21 Å². The van der Waals surface area contributed by atoms with Crippen molar-refractivity contribution >= 4 is 11.8 Å². The molecule has 216 valence electrons. The van der Waals surface area contributed by atoms with Crippen LogP contribution in [0.2, 0.25) is 0 Å². The summed E-state index contributed by atoms with van der Waals surface area (Å²) >= 11 is 0. The molecule has 2 aliphatic rings. The molecule has 0 bridgehead atoms. The molecule has 1 aromatic heterocycles. The first-order valence-corrected chi connectivity index (χ1v) is 13.9. The van der Waals surface area contributed by atoms with Crippen molar-refractivity contribution in [3.05, 3.63) is 95.0 Å². The number of likely N-dealkylation sites (tertiary alicyclic amines) is 1. The Labute approximate surface area is 237 Å². The molecule has 0 saturated carbocycles. The number of unbranched alkanes of at least 4 members (excludes halogenated alkanes) is 1. The summed E-state index contributed by atoms with van der Waals surface area (Å²) in [6, 6.07) is 18.1. The van der Waals surface area contributed by atoms with Crippen LogP contribution < -0.4 is 15.4 Å². The quantitative estimate of drug-likeness (QED) is 0.229. The Balaban J connectivity index is 1.20. The molecule has 5 rings (SSSR count). The molecule has 0 unspecified atom stereocenters. The number of halogens is 3. The maximum absolute atomic E-state index is 13.6. The Kier molecular flexibility index (Phi) is 8.30. The van der Waals surface area contributed by atoms with Gasteiger partial charge in [0.2, 0.25) is 5.91 Å². The summed E-state index contributed by atoms with van der Waals surface area (Å²) in [5, 5.41) is 16.6. The normalized spacial score (nSPS) is 16.6. The number of amides is 2. The lowest BCUT2D eigenvalue weighted by Crippen LogP contribution is -2.47. The van der Waals surface area contributed by atoms with Crippen molar-refractivity contribution < 1.29 is 27.5 Å². The zero-order chi connectivity index (χ0) is 29.0. The van der Waals surface area contributed by atoms with E-state index in [1.165, 1.54) is 18.5 Å². The lowest BCUT2D eigenvalue weighted by atomic mass is 9.73. The van der Waals surface area contributed by atoms with Gasteiger partial charge in [-0.25, -0.2) is 0 Å². The van der Waals surface area contributed by atoms with Crippen LogP contribution in [0.25, 0.3) is 11.1 Å². The summed E-state index contributed by atoms with van der Waals surface area (Å²) in [5.74, 6) is -0.885. The minimum atomic E-state index is -4.50. The lowest BCUT2D eigenvalue weighted by Gasteiger charge is -2.33. The topological polar surface area (TPSA) is 88.4 Å². The number of fused-ring (bicyclic) bond motifs is 3. The molecule has 3 aromatic rings. The predicted octanol–water partition coefficient (Wildman–Crippen LogP) is 4.33. The molecule has 2 aromatic carbocycles. The van der Waals surface area contributed by atoms with E-state index in [1.54, 1.807) is 6.07 Å². The number of hydrogen-bond donors (Lipinski definition) is 2. The molecule has 2 N–H and O–H groups in total. The molecule has 2 amide bonds. The number of piperidine rings is 1. The van der Waals surface area contributed by atoms with Gasteiger partial charge in [0.05, 0.1) is 0 Å². The van der Waals surface area contributed by atoms with Crippen LogP contribution in [0.5, 0.6) is 0 Å². The minimum absolute atomic E-state index is 0.0196. The van der Waals surface area contributed by atoms with Crippen molar-refractivity contribution in [1.29, 1.82) is 0 Å². The van der Waals surface area contributed by atoms with Crippen LogP contribution in [0.15, 0.2) is 73.1 Å². The first-order chi connectivity index (χ1) is 19.7. The fraction of sp³-hybridized carbons (Fsp3) is 0.387. The van der Waals surface area contributed by atoms with Gasteiger partial charge >= 0.3 is 6.18 Å². The summed E-state index contributed by atoms with van der Waals surface area (Å²) in [6.45, 7) is 1.01. The van der Waals surface area contributed by atoms with Gasteiger partial charge in [0.25, 0.3) is 5.91 Å². The largest absolute Gasteiger partial charge is 0.619 e. The number of carbonyl (C=O) groups excluding carboxylic acids is 2. The smallest absolute Gasteiger partial charge is 0.405 e. The van der Waals surface area contributed by atoms with E-state index < -0.39 is 24.0 Å². The zero-order valence-electron chi connectivity index (χ0n) is 22.6. The third-order valence-corrected chi connectivity index (χ3v) is 8.14. The Bertz CT molecular complexity index is 1360. The van der Waals surface area contributed by atoms with Crippen molar-refractivity contribution in [3.8, 4) is 11.1 Å². The third-order valence-electron chi connectivity index (χ3n) is 8.14. The van der Waals surface area contributed by atoms with Crippen molar-refractivity contribution in [2.45, 2.75) is 49.7 Å². The van der Waals surface area contributed by atoms with Gasteiger partial charge in [-0.1, -0.05) is 55.0 Å². The summed E-state index contributed by atoms with van der Waals surface area (Å²) in [4.78, 5) is 28.4. The number of aromatic nitrogens is 1. The highest BCUT2D eigenvalue weighted by Crippen LogP contribution is 2.51. The van der Waals surface area contributed by atoms with E-state index in [9.17, 15) is 28.0 Å². The van der Waals surface area contributed by atoms with E-state index in [0.29, 0.717) is 23.1 Å². The Morgan fingerprint density at radius 3 is 2.20 bits per heavy atom. The molecule has 7 nitrogen and oxygen atoms in total. The summed E-state index contributed by atoms with van der Waals surface area (Å²) in [6.07, 6.45) is 1.47. The van der Waals surface area contributed by atoms with Gasteiger partial charge in [0.15, 0.2) is 12.4 Å². The van der Waals surface area contributed by atoms with E-state index >= 15 is 0 Å². The van der Waals surface area contributed by atoms with E-state index in [-0.39, 0.29) is 11.9 Å². The Morgan fingerprint density at radius 1 is 0.951 bits per heavy atom. The molecular weight excluding hydrogens is 533 g/mol. The van der Waals surface area contributed by atoms with Crippen LogP contribution >= 0.6 is 0 Å². The highest BCUT2D eigenvalue weighted by atomic mass is 19.4. The highest BCUT2D eigenvalue weighted by Gasteiger charge is 2.49. The number of pyridine rings is 1. The fourth-order valence-electron chi connectivity index (χ4n) is 6.17. The number of benzene rings is 2. The molecule has 2 heterocycles. The predicted molar refractivity (Wildman–Crippen MR) is 148 cm³/mol. The molecule has 10 heteroatoms. The van der Waals surface area contributed by atoms with Gasteiger partial charge < -0.3 is 20.7 Å². The van der Waals surface area contributed by atoms with Crippen molar-refractivity contribution in [1.82, 2.24) is 15.5 Å². The molecule has 0 atom stereocenters. The molecule has 1 fully saturated rings. The van der Waals surface area contributed by atoms with Gasteiger partial charge in [-0.05, 0) is 60.5 Å². The molecule has 1 aliphatic heterocycles. The van der Waals surface area contributed by atoms with Gasteiger partial charge in [0, 0.05) is 25.2 Å². The zero-order valence-corrected chi connectivity index (χ0v) is 22.6. The highest BCUT2D eigenvalue weighted by molar-refractivity contribution is 6.00. The minimum Gasteiger partial charge on any atom is -0.619 e. The van der Waals surface area contributed by atoms with Gasteiger partial charge in [0.1, 0.15) is 17.5 Å². The molecule has 0 radical (unpaired) electrons. The molecule has 0 spiro atoms. The first kappa shape index (κ1) is 28.6. The number of carbonyl (C=O) groups is 2. The Morgan fingerprint density at radius 2 is 1.59 bits per heavy atom. The van der Waals surface area contributed by atoms with Crippen LogP contribution in [0.1, 0.15) is 53.6 Å². The Hall–Kier alpha value is -3.92. The first-order valence-electron chi connectivity index (χ1n) is 13.9. The van der Waals surface area contributed by atoms with Gasteiger partial charge in [-0.2, -0.15) is 17.9 Å². The van der Waals surface area contributed by atoms with Crippen LogP contribution in [-0.4, -0.2) is 55.1 Å². The monoisotopic (exact) mass is 566 g/mol. The number of nitrogens with one attached hydrogen (secondary N) is 2. The molecule has 1 saturated heterocycles. The van der Waals surface area contributed by atoms with E-state index in [4.69, 9.17) is 0 Å². The molecule has 41 heavy (non-hydrogen) atoms. The van der Waals surface area contributed by atoms with E-state index in [0.717, 1.165) is 61.2 Å². The maximum atomic E-state index is 13.6. The van der Waals surface area contributed by atoms with Crippen molar-refractivity contribution in [2.75, 3.05) is 26.2 Å². The van der Waals surface area contributed by atoms with Crippen LogP contribution in [-0.2, 0) is 10.2 Å². The number of nitrogens with zero attached hydrogens (tertiary/aromatic N) is 2.